The summed E-state index contributed by atoms with van der Waals surface area (Å²) >= 11 is 0. The van der Waals surface area contributed by atoms with Crippen LogP contribution < -0.4 is 24.8 Å². The second-order valence-corrected chi connectivity index (χ2v) is 0. The summed E-state index contributed by atoms with van der Waals surface area (Å²) in [7, 11) is 0. The molecule has 0 rings (SSSR count). The Balaban J connectivity index is 0. The third-order valence-electron chi connectivity index (χ3n) is 0. The molecule has 0 bridgehead atoms. The topological polar surface area (TPSA) is 0 Å². The maximum atomic E-state index is 0. The van der Waals surface area contributed by atoms with E-state index in [9.17, 15) is 0 Å². The van der Waals surface area contributed by atoms with Crippen LogP contribution in [0.15, 0.2) is 0 Å². The molecule has 0 aromatic carbocycles. The van der Waals surface area contributed by atoms with Crippen molar-refractivity contribution in [2.75, 3.05) is 0 Å². The molecule has 0 nitrogen and oxygen atoms in total. The van der Waals surface area contributed by atoms with E-state index in [4.69, 9.17) is 0 Å². The van der Waals surface area contributed by atoms with Crippen LogP contribution in [0.3, 0.4) is 0 Å². The van der Waals surface area contributed by atoms with Gasteiger partial charge >= 0.3 is 23.1 Å². The van der Waals surface area contributed by atoms with Crippen molar-refractivity contribution in [3.63, 3.8) is 0 Å². The third kappa shape index (κ3) is 9.23. The second kappa shape index (κ2) is 21.6. The van der Waals surface area contributed by atoms with Gasteiger partial charge in [-0.25, -0.2) is 0 Å². The van der Waals surface area contributed by atoms with Crippen LogP contribution in [0, 0.1) is 0 Å². The van der Waals surface area contributed by atoms with Gasteiger partial charge in [0.15, 0.2) is 0 Å². The average molecular weight is 129 g/mol. The minimum absolute atomic E-state index is 0. The normalized spacial score (nSPS) is 0. The van der Waals surface area contributed by atoms with E-state index in [0.29, 0.717) is 0 Å². The average Bonchev–Trinajstić information content (AvgIpc) is 0. The van der Waals surface area contributed by atoms with Gasteiger partial charge in [0.1, 0.15) is 0 Å². The third-order valence-corrected chi connectivity index (χ3v) is 0. The molecule has 4 heavy (non-hydrogen) atoms. The molecule has 0 radical (unpaired) electrons. The summed E-state index contributed by atoms with van der Waals surface area (Å²) < 4.78 is 0. The molecule has 24 valence electrons. The van der Waals surface area contributed by atoms with Gasteiger partial charge in [0.05, 0.1) is 0 Å². The Bertz CT molecular complexity index is 6.00. The largest absolute Gasteiger partial charge is 2.00 e. The summed E-state index contributed by atoms with van der Waals surface area (Å²) in [5.74, 6) is 0. The summed E-state index contributed by atoms with van der Waals surface area (Å²) in [4.78, 5) is 0. The SMILES string of the molecule is P.[Cl-].[Cl-].[Mg+2]. The first-order chi connectivity index (χ1) is 0. The fourth-order valence-electron chi connectivity index (χ4n) is 0. The smallest absolute Gasteiger partial charge is 1.00 e. The summed E-state index contributed by atoms with van der Waals surface area (Å²) in [5, 5.41) is 0. The van der Waals surface area contributed by atoms with Gasteiger partial charge < -0.3 is 24.8 Å². The van der Waals surface area contributed by atoms with Crippen LogP contribution in [0.4, 0.5) is 0 Å². The van der Waals surface area contributed by atoms with E-state index in [0.717, 1.165) is 0 Å². The van der Waals surface area contributed by atoms with Crippen molar-refractivity contribution in [2.45, 2.75) is 0 Å². The molecule has 0 aliphatic rings. The molecule has 1 unspecified atom stereocenters. The Morgan fingerprint density at radius 2 is 0.750 bits per heavy atom. The van der Waals surface area contributed by atoms with Crippen molar-refractivity contribution in [1.82, 2.24) is 0 Å². The van der Waals surface area contributed by atoms with Gasteiger partial charge in [-0.1, -0.05) is 0 Å². The molecule has 0 heterocycles. The van der Waals surface area contributed by atoms with Crippen molar-refractivity contribution >= 4 is 33.0 Å². The summed E-state index contributed by atoms with van der Waals surface area (Å²) in [5.41, 5.74) is 0. The quantitative estimate of drug-likeness (QED) is 0.225. The molecule has 1 atom stereocenters. The van der Waals surface area contributed by atoms with Crippen molar-refractivity contribution in [3.8, 4) is 0 Å². The molecule has 0 N–H and O–H groups in total. The van der Waals surface area contributed by atoms with Gasteiger partial charge in [-0.3, -0.25) is 0 Å². The molecule has 4 heteroatoms. The van der Waals surface area contributed by atoms with E-state index in [2.05, 4.69) is 0 Å². The predicted octanol–water partition coefficient (Wildman–Crippen LogP) is -6.31. The van der Waals surface area contributed by atoms with Crippen molar-refractivity contribution in [1.29, 1.82) is 0 Å². The minimum Gasteiger partial charge on any atom is -1.00 e. The Labute approximate surface area is 57.7 Å². The maximum absolute atomic E-state index is 0. The van der Waals surface area contributed by atoms with E-state index in [1.165, 1.54) is 0 Å². The molecule has 0 aliphatic carbocycles. The first-order valence-corrected chi connectivity index (χ1v) is 0. The maximum Gasteiger partial charge on any atom is 2.00 e. The van der Waals surface area contributed by atoms with Gasteiger partial charge in [-0.2, -0.15) is 9.90 Å². The van der Waals surface area contributed by atoms with Crippen molar-refractivity contribution in [2.24, 2.45) is 0 Å². The van der Waals surface area contributed by atoms with E-state index in [1.807, 2.05) is 0 Å². The van der Waals surface area contributed by atoms with Crippen LogP contribution in [0.5, 0.6) is 0 Å². The van der Waals surface area contributed by atoms with E-state index < -0.39 is 0 Å². The molecule has 0 amide bonds. The molecule has 0 aromatic rings. The zero-order valence-electron chi connectivity index (χ0n) is 2.17. The summed E-state index contributed by atoms with van der Waals surface area (Å²) in [6.07, 6.45) is 0. The molecule has 0 spiro atoms. The number of hydrogen-bond donors (Lipinski definition) is 0. The molecule has 0 saturated heterocycles. The molecular formula is H3Cl2MgP. The molecule has 0 fully saturated rings. The Kier molecular flexibility index (Phi) is 225. The number of rotatable bonds is 0. The molecule has 0 aromatic heterocycles. The van der Waals surface area contributed by atoms with Crippen LogP contribution in [0.2, 0.25) is 0 Å². The van der Waals surface area contributed by atoms with Gasteiger partial charge in [0.25, 0.3) is 0 Å². The Morgan fingerprint density at radius 1 is 0.750 bits per heavy atom. The van der Waals surface area contributed by atoms with E-state index in [1.54, 1.807) is 0 Å². The summed E-state index contributed by atoms with van der Waals surface area (Å²) in [6.45, 7) is 0. The Morgan fingerprint density at radius 3 is 0.750 bits per heavy atom. The van der Waals surface area contributed by atoms with Crippen LogP contribution in [-0.2, 0) is 0 Å². The second-order valence-electron chi connectivity index (χ2n) is 0. The first kappa shape index (κ1) is 41.8. The molecule has 0 aliphatic heterocycles. The van der Waals surface area contributed by atoms with Gasteiger partial charge in [0.2, 0.25) is 0 Å². The standard InChI is InChI=1S/2ClH.Mg.H3P/h2*1H;;1H3/q;;+2;/p-2. The van der Waals surface area contributed by atoms with Crippen LogP contribution >= 0.6 is 9.90 Å². The summed E-state index contributed by atoms with van der Waals surface area (Å²) in [6, 6.07) is 0. The zero-order chi connectivity index (χ0) is 0. The van der Waals surface area contributed by atoms with Gasteiger partial charge in [-0.15, -0.1) is 0 Å². The first-order valence-electron chi connectivity index (χ1n) is 0. The monoisotopic (exact) mass is 128 g/mol. The minimum atomic E-state index is 0. The van der Waals surface area contributed by atoms with E-state index in [-0.39, 0.29) is 57.8 Å². The fourth-order valence-corrected chi connectivity index (χ4v) is 0. The van der Waals surface area contributed by atoms with Crippen LogP contribution in [0.25, 0.3) is 0 Å². The zero-order valence-corrected chi connectivity index (χ0v) is 6.51. The van der Waals surface area contributed by atoms with Crippen LogP contribution in [0.1, 0.15) is 0 Å². The van der Waals surface area contributed by atoms with E-state index >= 15 is 0 Å². The Hall–Kier alpha value is 1.78. The van der Waals surface area contributed by atoms with Crippen LogP contribution in [-0.4, -0.2) is 23.1 Å². The van der Waals surface area contributed by atoms with Crippen molar-refractivity contribution in [3.05, 3.63) is 0 Å². The van der Waals surface area contributed by atoms with Crippen molar-refractivity contribution < 1.29 is 24.8 Å². The van der Waals surface area contributed by atoms with Gasteiger partial charge in [-0.05, 0) is 0 Å². The van der Waals surface area contributed by atoms with Gasteiger partial charge in [0, 0.05) is 0 Å². The number of hydrogen-bond acceptors (Lipinski definition) is 0. The molecular weight excluding hydrogens is 126 g/mol. The molecule has 0 saturated carbocycles. The fraction of sp³-hybridized carbons (Fsp3) is 0. The number of halogens is 2. The predicted molar refractivity (Wildman–Crippen MR) is 16.9 cm³/mol.